The lowest BCUT2D eigenvalue weighted by Crippen LogP contribution is -2.00. The summed E-state index contributed by atoms with van der Waals surface area (Å²) in [6.07, 6.45) is 0.855. The second kappa shape index (κ2) is 6.59. The van der Waals surface area contributed by atoms with Crippen molar-refractivity contribution in [1.29, 1.82) is 0 Å². The Hall–Kier alpha value is -0.0600. The van der Waals surface area contributed by atoms with Crippen LogP contribution in [0.1, 0.15) is 27.6 Å². The molecule has 1 atom stereocenters. The normalized spacial score (nSPS) is 12.5. The van der Waals surface area contributed by atoms with Crippen molar-refractivity contribution in [3.8, 4) is 0 Å². The van der Waals surface area contributed by atoms with Gasteiger partial charge >= 0.3 is 0 Å². The quantitative estimate of drug-likeness (QED) is 0.387. The van der Waals surface area contributed by atoms with Crippen LogP contribution in [0.15, 0.2) is 40.9 Å². The Morgan fingerprint density at radius 2 is 1.89 bits per heavy atom. The second-order valence-electron chi connectivity index (χ2n) is 4.77. The molecule has 0 bridgehead atoms. The van der Waals surface area contributed by atoms with Crippen molar-refractivity contribution in [2.45, 2.75) is 25.6 Å². The molecule has 0 aliphatic rings. The van der Waals surface area contributed by atoms with Gasteiger partial charge in [-0.1, -0.05) is 39.7 Å². The first kappa shape index (κ1) is 15.3. The van der Waals surface area contributed by atoms with Crippen LogP contribution in [-0.2, 0) is 6.42 Å². The monoisotopic (exact) mass is 448 g/mol. The van der Waals surface area contributed by atoms with Crippen LogP contribution >= 0.6 is 50.1 Å². The second-order valence-corrected chi connectivity index (χ2v) is 7.39. The molecule has 0 saturated carbocycles. The zero-order valence-electron chi connectivity index (χ0n) is 10.9. The van der Waals surface area contributed by atoms with E-state index in [-0.39, 0.29) is 5.38 Å². The van der Waals surface area contributed by atoms with Crippen molar-refractivity contribution in [1.82, 2.24) is 0 Å². The number of alkyl halides is 1. The standard InChI is InChI=1S/C16H15BrClI/c1-10-3-4-11(2)12(7-10)8-16(18)14-9-13(19)5-6-15(14)17/h3-7,9,16H,8H2,1-2H3. The van der Waals surface area contributed by atoms with Gasteiger partial charge in [-0.2, -0.15) is 0 Å². The summed E-state index contributed by atoms with van der Waals surface area (Å²) in [6, 6.07) is 12.8. The molecular formula is C16H15BrClI. The lowest BCUT2D eigenvalue weighted by molar-refractivity contribution is 0.903. The van der Waals surface area contributed by atoms with Crippen molar-refractivity contribution in [2.24, 2.45) is 0 Å². The fourth-order valence-electron chi connectivity index (χ4n) is 2.08. The minimum atomic E-state index is -0.00964. The highest BCUT2D eigenvalue weighted by Crippen LogP contribution is 2.33. The van der Waals surface area contributed by atoms with E-state index in [2.05, 4.69) is 88.8 Å². The number of aryl methyl sites for hydroxylation is 2. The largest absolute Gasteiger partial charge is 0.117 e. The zero-order valence-corrected chi connectivity index (χ0v) is 15.4. The maximum absolute atomic E-state index is 6.61. The molecule has 0 N–H and O–H groups in total. The van der Waals surface area contributed by atoms with Gasteiger partial charge in [0, 0.05) is 8.04 Å². The molecule has 2 aromatic carbocycles. The van der Waals surface area contributed by atoms with Crippen LogP contribution in [0.3, 0.4) is 0 Å². The number of halogens is 3. The molecule has 0 spiro atoms. The molecule has 0 nitrogen and oxygen atoms in total. The van der Waals surface area contributed by atoms with E-state index in [1.54, 1.807) is 0 Å². The Balaban J connectivity index is 2.27. The maximum atomic E-state index is 6.61. The minimum absolute atomic E-state index is 0.00964. The Bertz CT molecular complexity index is 595. The van der Waals surface area contributed by atoms with E-state index < -0.39 is 0 Å². The summed E-state index contributed by atoms with van der Waals surface area (Å²) in [4.78, 5) is 0. The van der Waals surface area contributed by atoms with Gasteiger partial charge in [-0.05, 0) is 77.7 Å². The molecule has 3 heteroatoms. The van der Waals surface area contributed by atoms with E-state index >= 15 is 0 Å². The average Bonchev–Trinajstić information content (AvgIpc) is 2.36. The first-order chi connectivity index (χ1) is 8.97. The van der Waals surface area contributed by atoms with E-state index in [4.69, 9.17) is 11.6 Å². The minimum Gasteiger partial charge on any atom is -0.117 e. The predicted molar refractivity (Wildman–Crippen MR) is 95.1 cm³/mol. The van der Waals surface area contributed by atoms with E-state index in [1.807, 2.05) is 0 Å². The van der Waals surface area contributed by atoms with E-state index in [1.165, 1.54) is 20.3 Å². The number of rotatable bonds is 3. The third-order valence-corrected chi connectivity index (χ3v) is 4.98. The topological polar surface area (TPSA) is 0 Å². The average molecular weight is 450 g/mol. The summed E-state index contributed by atoms with van der Waals surface area (Å²) in [5.74, 6) is 0. The highest BCUT2D eigenvalue weighted by molar-refractivity contribution is 14.1. The third-order valence-electron chi connectivity index (χ3n) is 3.20. The SMILES string of the molecule is Cc1ccc(C)c(CC(Cl)c2cc(I)ccc2Br)c1. The van der Waals surface area contributed by atoms with Crippen LogP contribution in [0.25, 0.3) is 0 Å². The first-order valence-corrected chi connectivity index (χ1v) is 8.43. The third kappa shape index (κ3) is 3.96. The lowest BCUT2D eigenvalue weighted by atomic mass is 9.98. The van der Waals surface area contributed by atoms with E-state index in [0.717, 1.165) is 16.5 Å². The van der Waals surface area contributed by atoms with Crippen LogP contribution < -0.4 is 0 Å². The Kier molecular flexibility index (Phi) is 5.32. The summed E-state index contributed by atoms with van der Waals surface area (Å²) in [6.45, 7) is 4.26. The number of hydrogen-bond donors (Lipinski definition) is 0. The van der Waals surface area contributed by atoms with Gasteiger partial charge in [0.2, 0.25) is 0 Å². The molecule has 0 amide bonds. The summed E-state index contributed by atoms with van der Waals surface area (Å²) in [5.41, 5.74) is 5.07. The van der Waals surface area contributed by atoms with Gasteiger partial charge in [0.1, 0.15) is 0 Å². The summed E-state index contributed by atoms with van der Waals surface area (Å²) >= 11 is 12.5. The van der Waals surface area contributed by atoms with Gasteiger partial charge in [-0.3, -0.25) is 0 Å². The molecule has 2 aromatic rings. The van der Waals surface area contributed by atoms with Gasteiger partial charge in [-0.25, -0.2) is 0 Å². The van der Waals surface area contributed by atoms with Crippen LogP contribution in [-0.4, -0.2) is 0 Å². The van der Waals surface area contributed by atoms with Gasteiger partial charge in [0.05, 0.1) is 5.38 Å². The molecule has 19 heavy (non-hydrogen) atoms. The molecule has 0 heterocycles. The fraction of sp³-hybridized carbons (Fsp3) is 0.250. The summed E-state index contributed by atoms with van der Waals surface area (Å²) < 4.78 is 2.29. The molecule has 0 aromatic heterocycles. The molecule has 2 rings (SSSR count). The zero-order chi connectivity index (χ0) is 14.0. The van der Waals surface area contributed by atoms with Crippen molar-refractivity contribution in [3.63, 3.8) is 0 Å². The van der Waals surface area contributed by atoms with Crippen LogP contribution in [0.5, 0.6) is 0 Å². The molecule has 100 valence electrons. The molecule has 0 radical (unpaired) electrons. The molecule has 0 fully saturated rings. The highest BCUT2D eigenvalue weighted by atomic mass is 127. The maximum Gasteiger partial charge on any atom is 0.0637 e. The number of hydrogen-bond acceptors (Lipinski definition) is 0. The molecule has 0 saturated heterocycles. The van der Waals surface area contributed by atoms with Crippen molar-refractivity contribution in [2.75, 3.05) is 0 Å². The Morgan fingerprint density at radius 3 is 2.63 bits per heavy atom. The highest BCUT2D eigenvalue weighted by Gasteiger charge is 2.14. The van der Waals surface area contributed by atoms with E-state index in [9.17, 15) is 0 Å². The molecule has 1 unspecified atom stereocenters. The van der Waals surface area contributed by atoms with Crippen LogP contribution in [0, 0.1) is 17.4 Å². The fourth-order valence-corrected chi connectivity index (χ4v) is 3.59. The van der Waals surface area contributed by atoms with Crippen molar-refractivity contribution >= 4 is 50.1 Å². The Labute approximate surface area is 141 Å². The van der Waals surface area contributed by atoms with Gasteiger partial charge in [0.15, 0.2) is 0 Å². The Morgan fingerprint density at radius 1 is 1.16 bits per heavy atom. The van der Waals surface area contributed by atoms with Crippen LogP contribution in [0.4, 0.5) is 0 Å². The van der Waals surface area contributed by atoms with Gasteiger partial charge in [0.25, 0.3) is 0 Å². The molecule has 0 aliphatic carbocycles. The molecular weight excluding hydrogens is 434 g/mol. The predicted octanol–water partition coefficient (Wildman–Crippen LogP) is 6.19. The van der Waals surface area contributed by atoms with Gasteiger partial charge in [-0.15, -0.1) is 11.6 Å². The van der Waals surface area contributed by atoms with Crippen molar-refractivity contribution < 1.29 is 0 Å². The summed E-state index contributed by atoms with van der Waals surface area (Å²) in [5, 5.41) is -0.00964. The molecule has 0 aliphatic heterocycles. The lowest BCUT2D eigenvalue weighted by Gasteiger charge is -2.14. The number of benzene rings is 2. The first-order valence-electron chi connectivity index (χ1n) is 6.12. The summed E-state index contributed by atoms with van der Waals surface area (Å²) in [7, 11) is 0. The smallest absolute Gasteiger partial charge is 0.0637 e. The van der Waals surface area contributed by atoms with Crippen LogP contribution in [0.2, 0.25) is 0 Å². The van der Waals surface area contributed by atoms with Crippen molar-refractivity contribution in [3.05, 3.63) is 66.7 Å². The van der Waals surface area contributed by atoms with Gasteiger partial charge < -0.3 is 0 Å². The van der Waals surface area contributed by atoms with E-state index in [0.29, 0.717) is 0 Å².